The van der Waals surface area contributed by atoms with Crippen LogP contribution < -0.4 is 11.6 Å². The number of nitrogens with zero attached hydrogens (tertiary/aromatic N) is 4. The molecule has 0 spiro atoms. The van der Waals surface area contributed by atoms with Crippen molar-refractivity contribution in [3.05, 3.63) is 54.2 Å². The molecule has 2 aromatic rings. The van der Waals surface area contributed by atoms with Gasteiger partial charge in [0.15, 0.2) is 6.29 Å². The van der Waals surface area contributed by atoms with Crippen molar-refractivity contribution in [2.45, 2.75) is 157 Å². The van der Waals surface area contributed by atoms with Crippen molar-refractivity contribution in [1.29, 1.82) is 0 Å². The second-order valence-corrected chi connectivity index (χ2v) is 19.7. The Morgan fingerprint density at radius 3 is 2.45 bits per heavy atom. The fraction of sp³-hybridized carbons (Fsp3) is 0.727. The molecule has 13 atom stereocenters. The summed E-state index contributed by atoms with van der Waals surface area (Å²) in [6.45, 7) is 13.3. The zero-order valence-electron chi connectivity index (χ0n) is 37.0. The average Bonchev–Trinajstić information content (AvgIpc) is 3.74. The molecule has 0 amide bonds. The first-order valence-corrected chi connectivity index (χ1v) is 22.6. The first-order valence-electron chi connectivity index (χ1n) is 21.4. The lowest BCUT2D eigenvalue weighted by molar-refractivity contribution is -0.251. The number of halogens is 2. The van der Waals surface area contributed by atoms with Gasteiger partial charge in [-0.25, -0.2) is 10.2 Å². The maximum absolute atomic E-state index is 14.2. The van der Waals surface area contributed by atoms with Gasteiger partial charge in [-0.15, -0.1) is 0 Å². The Morgan fingerprint density at radius 1 is 1.15 bits per heavy atom. The zero-order valence-corrected chi connectivity index (χ0v) is 39.2. The molecule has 3 heterocycles. The molecule has 2 saturated heterocycles. The number of aliphatic hydroxyl groups excluding tert-OH is 1. The van der Waals surface area contributed by atoms with Crippen molar-refractivity contribution in [3.63, 3.8) is 0 Å². The Bertz CT molecular complexity index is 1640. The topological polar surface area (TPSA) is 193 Å². The van der Waals surface area contributed by atoms with Crippen LogP contribution in [0.5, 0.6) is 0 Å². The number of cyclic esters (lactones) is 1. The van der Waals surface area contributed by atoms with E-state index in [2.05, 4.69) is 39.6 Å². The molecule has 0 saturated carbocycles. The SMILES string of the molecule is CC[C@H]1OC(=O)[C@H](C)C[C@H](I)[C@@H](O[C@H]2C[C@@H](N(C)CC/C(N)=C/N(N)[C@H](CF)Cc3ccc(-c4cnoc4)cc3)C[C@@H](C)O2)[C@](C)(O)C[C@@H](C)CN(C)[C@H](C)[C@@H](O)[C@]1(C)O. The van der Waals surface area contributed by atoms with E-state index in [1.54, 1.807) is 32.5 Å². The van der Waals surface area contributed by atoms with Crippen LogP contribution in [0.2, 0.25) is 0 Å². The summed E-state index contributed by atoms with van der Waals surface area (Å²) in [6, 6.07) is 6.79. The molecule has 1 aromatic heterocycles. The number of carbonyl (C=O) groups excluding carboxylic acids is 1. The minimum absolute atomic E-state index is 0.0208. The molecule has 0 unspecified atom stereocenters. The van der Waals surface area contributed by atoms with Crippen molar-refractivity contribution in [3.8, 4) is 11.1 Å². The maximum Gasteiger partial charge on any atom is 0.309 e. The Kier molecular flexibility index (Phi) is 18.6. The van der Waals surface area contributed by atoms with Gasteiger partial charge >= 0.3 is 5.97 Å². The Labute approximate surface area is 370 Å². The van der Waals surface area contributed by atoms with E-state index in [1.165, 1.54) is 11.9 Å². The molecule has 60 heavy (non-hydrogen) atoms. The second-order valence-electron chi connectivity index (χ2n) is 18.1. The molecule has 1 aromatic carbocycles. The monoisotopic (exact) mass is 958 g/mol. The molecule has 0 bridgehead atoms. The standard InChI is InChI=1S/C44H72FIN6O8/c1-10-38-44(7,56)40(53)30(5)51(9)24-27(2)21-43(6,55)41(37(46)17-28(3)42(54)59-38)60-39-20-35(18-29(4)58-39)50(8)16-15-34(47)25-52(48)36(22-45)19-31-11-13-32(14-12-31)33-23-49-57-26-33/h11-14,23,25-30,35-41,53,55-56H,10,15-22,24,47-48H2,1-9H3/b34-25-/t27-,28-,29-,30-,35+,36+,37+,38-,39+,40-,41-,43-,44-/m1/s1. The summed E-state index contributed by atoms with van der Waals surface area (Å²) in [6.07, 6.45) is 4.52. The third kappa shape index (κ3) is 13.5. The van der Waals surface area contributed by atoms with Crippen LogP contribution in [-0.2, 0) is 25.4 Å². The Morgan fingerprint density at radius 2 is 1.83 bits per heavy atom. The summed E-state index contributed by atoms with van der Waals surface area (Å²) in [7, 11) is 3.91. The van der Waals surface area contributed by atoms with Crippen LogP contribution in [0.1, 0.15) is 92.6 Å². The number of hydrogen-bond donors (Lipinski definition) is 5. The maximum atomic E-state index is 14.2. The summed E-state index contributed by atoms with van der Waals surface area (Å²) < 4.78 is 37.9. The Hall–Kier alpha value is -2.42. The highest BCUT2D eigenvalue weighted by Gasteiger charge is 2.47. The van der Waals surface area contributed by atoms with Crippen molar-refractivity contribution < 1.29 is 43.2 Å². The lowest BCUT2D eigenvalue weighted by atomic mass is 9.84. The highest BCUT2D eigenvalue weighted by Crippen LogP contribution is 2.37. The van der Waals surface area contributed by atoms with E-state index in [-0.39, 0.29) is 22.0 Å². The summed E-state index contributed by atoms with van der Waals surface area (Å²) in [5, 5.41) is 40.2. The molecule has 2 aliphatic heterocycles. The predicted molar refractivity (Wildman–Crippen MR) is 238 cm³/mol. The van der Waals surface area contributed by atoms with Crippen molar-refractivity contribution >= 4 is 28.6 Å². The third-order valence-corrected chi connectivity index (χ3v) is 13.7. The van der Waals surface area contributed by atoms with Gasteiger partial charge in [0, 0.05) is 59.4 Å². The number of rotatable bonds is 13. The van der Waals surface area contributed by atoms with Gasteiger partial charge in [0.1, 0.15) is 36.9 Å². The van der Waals surface area contributed by atoms with E-state index in [4.69, 9.17) is 30.3 Å². The van der Waals surface area contributed by atoms with Gasteiger partial charge in [-0.2, -0.15) is 0 Å². The molecule has 340 valence electrons. The smallest absolute Gasteiger partial charge is 0.309 e. The predicted octanol–water partition coefficient (Wildman–Crippen LogP) is 5.17. The lowest BCUT2D eigenvalue weighted by Gasteiger charge is -2.44. The van der Waals surface area contributed by atoms with Gasteiger partial charge in [0.05, 0.1) is 29.9 Å². The van der Waals surface area contributed by atoms with E-state index in [9.17, 15) is 24.5 Å². The minimum Gasteiger partial charge on any atom is -0.459 e. The molecule has 0 aliphatic carbocycles. The van der Waals surface area contributed by atoms with Gasteiger partial charge < -0.3 is 54.6 Å². The van der Waals surface area contributed by atoms with Crippen molar-refractivity contribution in [2.75, 3.05) is 33.9 Å². The summed E-state index contributed by atoms with van der Waals surface area (Å²) in [5.41, 5.74) is 6.75. The van der Waals surface area contributed by atoms with E-state index in [0.29, 0.717) is 57.3 Å². The lowest BCUT2D eigenvalue weighted by Crippen LogP contribution is -2.59. The molecule has 16 heteroatoms. The third-order valence-electron chi connectivity index (χ3n) is 12.5. The summed E-state index contributed by atoms with van der Waals surface area (Å²) >= 11 is 2.27. The van der Waals surface area contributed by atoms with Gasteiger partial charge in [-0.05, 0) is 90.9 Å². The number of benzene rings is 1. The average molecular weight is 959 g/mol. The zero-order chi connectivity index (χ0) is 44.5. The van der Waals surface area contributed by atoms with E-state index in [1.807, 2.05) is 64.0 Å². The number of hydrogen-bond acceptors (Lipinski definition) is 14. The number of aromatic nitrogens is 1. The number of ether oxygens (including phenoxy) is 3. The molecular weight excluding hydrogens is 886 g/mol. The van der Waals surface area contributed by atoms with E-state index < -0.39 is 66.4 Å². The first-order chi connectivity index (χ1) is 28.2. The summed E-state index contributed by atoms with van der Waals surface area (Å²) in [5.74, 6) is 5.25. The normalized spacial score (nSPS) is 35.1. The van der Waals surface area contributed by atoms with Crippen molar-refractivity contribution in [1.82, 2.24) is 20.0 Å². The van der Waals surface area contributed by atoms with Gasteiger partial charge in [-0.1, -0.05) is 72.8 Å². The second kappa shape index (κ2) is 22.3. The van der Waals surface area contributed by atoms with Crippen LogP contribution in [0.25, 0.3) is 11.1 Å². The van der Waals surface area contributed by atoms with Crippen LogP contribution in [0.3, 0.4) is 0 Å². The van der Waals surface area contributed by atoms with Crippen LogP contribution in [0.15, 0.2) is 53.1 Å². The van der Waals surface area contributed by atoms with Gasteiger partial charge in [0.25, 0.3) is 0 Å². The van der Waals surface area contributed by atoms with Crippen molar-refractivity contribution in [2.24, 2.45) is 23.4 Å². The quantitative estimate of drug-likeness (QED) is 0.0581. The number of nitrogens with two attached hydrogens (primary N) is 2. The number of aliphatic hydroxyl groups is 3. The Balaban J connectivity index is 1.42. The van der Waals surface area contributed by atoms with Gasteiger partial charge in [0.2, 0.25) is 0 Å². The van der Waals surface area contributed by atoms with Crippen LogP contribution in [-0.4, -0.2) is 139 Å². The number of carbonyl (C=O) groups is 1. The fourth-order valence-electron chi connectivity index (χ4n) is 8.74. The van der Waals surface area contributed by atoms with E-state index in [0.717, 1.165) is 23.1 Å². The molecule has 7 N–H and O–H groups in total. The fourth-order valence-corrected chi connectivity index (χ4v) is 10.4. The number of hydrazine groups is 1. The van der Waals surface area contributed by atoms with Crippen LogP contribution >= 0.6 is 22.6 Å². The van der Waals surface area contributed by atoms with Crippen LogP contribution in [0, 0.1) is 11.8 Å². The highest BCUT2D eigenvalue weighted by molar-refractivity contribution is 14.1. The molecule has 0 radical (unpaired) electrons. The van der Waals surface area contributed by atoms with Gasteiger partial charge in [-0.3, -0.25) is 4.79 Å². The molecule has 2 fully saturated rings. The largest absolute Gasteiger partial charge is 0.459 e. The van der Waals surface area contributed by atoms with E-state index >= 15 is 0 Å². The number of alkyl halides is 2. The molecule has 14 nitrogen and oxygen atoms in total. The van der Waals surface area contributed by atoms with Crippen LogP contribution in [0.4, 0.5) is 4.39 Å². The summed E-state index contributed by atoms with van der Waals surface area (Å²) in [4.78, 5) is 17.7. The minimum atomic E-state index is -1.68. The highest BCUT2D eigenvalue weighted by atomic mass is 127. The number of likely N-dealkylation sites (N-methyl/N-ethyl adjacent to an activating group) is 1. The first kappa shape index (κ1) is 50.2. The molecule has 2 aliphatic rings. The molecular formula is C44H72FIN6O8. The number of esters is 1. The molecule has 4 rings (SSSR count).